The number of aliphatic hydroxyl groups is 1. The van der Waals surface area contributed by atoms with Crippen LogP contribution in [0.5, 0.6) is 0 Å². The van der Waals surface area contributed by atoms with Crippen LogP contribution in [0.1, 0.15) is 67.7 Å². The van der Waals surface area contributed by atoms with E-state index in [9.17, 15) is 19.5 Å². The lowest BCUT2D eigenvalue weighted by Crippen LogP contribution is -2.56. The highest BCUT2D eigenvalue weighted by Crippen LogP contribution is 2.32. The molecule has 1 fully saturated rings. The molecule has 0 radical (unpaired) electrons. The Hall–Kier alpha value is -1.61. The SMILES string of the molecule is CC[C@H]1OC(=O)[C@H](C)C(=O)[C@H](C)[C@@H](O[C@H]2O[C@@H](C)C[C@@H](N(C)C)[C@@H]2O)[C@@H](C)C[C@@H](C)C(=O)/C=C/[C@H]1C. The molecule has 0 spiro atoms. The lowest BCUT2D eigenvalue weighted by Gasteiger charge is -2.43. The first kappa shape index (κ1) is 30.6. The molecule has 11 atom stereocenters. The number of likely N-dealkylation sites (N-methyl/N-ethyl adjacent to an activating group) is 1. The maximum atomic E-state index is 13.5. The molecule has 0 aromatic rings. The van der Waals surface area contributed by atoms with Gasteiger partial charge in [0, 0.05) is 23.8 Å². The molecule has 36 heavy (non-hydrogen) atoms. The third-order valence-corrected chi connectivity index (χ3v) is 7.88. The number of Topliss-reactive ketones (excluding diaryl/α,β-unsaturated/α-hetero) is 1. The average Bonchev–Trinajstić information content (AvgIpc) is 2.83. The maximum Gasteiger partial charge on any atom is 0.316 e. The molecule has 0 amide bonds. The number of cyclic esters (lactones) is 1. The third-order valence-electron chi connectivity index (χ3n) is 7.88. The van der Waals surface area contributed by atoms with Crippen molar-refractivity contribution in [1.82, 2.24) is 4.90 Å². The minimum absolute atomic E-state index is 0.0201. The van der Waals surface area contributed by atoms with Crippen LogP contribution in [-0.2, 0) is 28.6 Å². The topological polar surface area (TPSA) is 102 Å². The highest BCUT2D eigenvalue weighted by molar-refractivity contribution is 6.00. The molecule has 2 aliphatic heterocycles. The summed E-state index contributed by atoms with van der Waals surface area (Å²) in [5.74, 6) is -3.16. The molecule has 2 aliphatic rings. The first-order valence-electron chi connectivity index (χ1n) is 13.4. The predicted molar refractivity (Wildman–Crippen MR) is 137 cm³/mol. The number of carbonyl (C=O) groups is 3. The van der Waals surface area contributed by atoms with E-state index in [2.05, 4.69) is 0 Å². The molecule has 2 heterocycles. The molecule has 8 nitrogen and oxygen atoms in total. The quantitative estimate of drug-likeness (QED) is 0.454. The van der Waals surface area contributed by atoms with E-state index in [-0.39, 0.29) is 41.5 Å². The zero-order valence-corrected chi connectivity index (χ0v) is 23.5. The van der Waals surface area contributed by atoms with E-state index in [1.165, 1.54) is 0 Å². The van der Waals surface area contributed by atoms with Gasteiger partial charge in [-0.15, -0.1) is 0 Å². The Bertz CT molecular complexity index is 797. The van der Waals surface area contributed by atoms with Crippen molar-refractivity contribution in [3.8, 4) is 0 Å². The van der Waals surface area contributed by atoms with E-state index in [1.54, 1.807) is 26.0 Å². The van der Waals surface area contributed by atoms with Crippen molar-refractivity contribution in [2.75, 3.05) is 14.1 Å². The second-order valence-electron chi connectivity index (χ2n) is 11.2. The van der Waals surface area contributed by atoms with E-state index in [1.807, 2.05) is 53.6 Å². The molecule has 1 N–H and O–H groups in total. The zero-order valence-electron chi connectivity index (χ0n) is 23.5. The van der Waals surface area contributed by atoms with Crippen LogP contribution >= 0.6 is 0 Å². The first-order chi connectivity index (χ1) is 16.8. The standard InChI is InChI=1S/C28H47NO7/c1-10-23-15(2)11-12-22(30)16(3)13-17(4)26(19(6)24(31)20(7)27(33)35-23)36-28-25(32)21(29(8)9)14-18(5)34-28/h11-12,15-21,23,25-26,28,32H,10,13-14H2,1-9H3/b12-11+/t15-,16-,17+,18+,19+,20-,21-,23-,25+,26+,28-/m1/s1. The summed E-state index contributed by atoms with van der Waals surface area (Å²) < 4.78 is 18.1. The Balaban J connectivity index is 2.40. The van der Waals surface area contributed by atoms with Crippen LogP contribution in [0.25, 0.3) is 0 Å². The summed E-state index contributed by atoms with van der Waals surface area (Å²) in [6, 6.07) is -0.161. The predicted octanol–water partition coefficient (Wildman–Crippen LogP) is 3.40. The first-order valence-corrected chi connectivity index (χ1v) is 13.4. The smallest absolute Gasteiger partial charge is 0.316 e. The van der Waals surface area contributed by atoms with Crippen LogP contribution in [0.2, 0.25) is 0 Å². The molecular formula is C28H47NO7. The second-order valence-corrected chi connectivity index (χ2v) is 11.2. The average molecular weight is 510 g/mol. The molecule has 0 aromatic heterocycles. The van der Waals surface area contributed by atoms with E-state index in [4.69, 9.17) is 14.2 Å². The van der Waals surface area contributed by atoms with Gasteiger partial charge in [0.05, 0.1) is 12.2 Å². The zero-order chi connectivity index (χ0) is 27.3. The van der Waals surface area contributed by atoms with Crippen LogP contribution in [0.4, 0.5) is 0 Å². The molecular weight excluding hydrogens is 462 g/mol. The van der Waals surface area contributed by atoms with Crippen LogP contribution in [0, 0.1) is 29.6 Å². The number of rotatable bonds is 4. The Kier molecular flexibility index (Phi) is 11.3. The van der Waals surface area contributed by atoms with Gasteiger partial charge in [-0.25, -0.2) is 0 Å². The molecule has 1 saturated heterocycles. The summed E-state index contributed by atoms with van der Waals surface area (Å²) in [6.45, 7) is 12.9. The third kappa shape index (κ3) is 7.46. The Morgan fingerprint density at radius 1 is 1.06 bits per heavy atom. The van der Waals surface area contributed by atoms with Crippen molar-refractivity contribution in [2.24, 2.45) is 29.6 Å². The summed E-state index contributed by atoms with van der Waals surface area (Å²) in [4.78, 5) is 41.2. The van der Waals surface area contributed by atoms with Gasteiger partial charge >= 0.3 is 5.97 Å². The number of hydrogen-bond acceptors (Lipinski definition) is 8. The molecule has 2 rings (SSSR count). The second kappa shape index (κ2) is 13.3. The summed E-state index contributed by atoms with van der Waals surface area (Å²) in [7, 11) is 3.80. The van der Waals surface area contributed by atoms with Gasteiger partial charge in [-0.2, -0.15) is 0 Å². The number of allylic oxidation sites excluding steroid dienone is 1. The summed E-state index contributed by atoms with van der Waals surface area (Å²) in [5, 5.41) is 11.0. The number of carbonyl (C=O) groups excluding carboxylic acids is 3. The van der Waals surface area contributed by atoms with Gasteiger partial charge in [0.2, 0.25) is 0 Å². The van der Waals surface area contributed by atoms with Crippen molar-refractivity contribution in [1.29, 1.82) is 0 Å². The molecule has 0 aromatic carbocycles. The monoisotopic (exact) mass is 509 g/mol. The van der Waals surface area contributed by atoms with Crippen molar-refractivity contribution in [3.63, 3.8) is 0 Å². The largest absolute Gasteiger partial charge is 0.461 e. The van der Waals surface area contributed by atoms with E-state index in [0.717, 1.165) is 0 Å². The number of ketones is 2. The molecule has 0 aliphatic carbocycles. The lowest BCUT2D eigenvalue weighted by atomic mass is 9.80. The van der Waals surface area contributed by atoms with Crippen molar-refractivity contribution in [2.45, 2.75) is 104 Å². The number of ether oxygens (including phenoxy) is 3. The molecule has 0 saturated carbocycles. The minimum Gasteiger partial charge on any atom is -0.461 e. The van der Waals surface area contributed by atoms with Crippen molar-refractivity contribution in [3.05, 3.63) is 12.2 Å². The Morgan fingerprint density at radius 3 is 2.28 bits per heavy atom. The summed E-state index contributed by atoms with van der Waals surface area (Å²) >= 11 is 0. The van der Waals surface area contributed by atoms with Gasteiger partial charge in [-0.1, -0.05) is 40.7 Å². The number of esters is 1. The summed E-state index contributed by atoms with van der Waals surface area (Å²) in [6.07, 6.45) is 2.02. The highest BCUT2D eigenvalue weighted by atomic mass is 16.7. The van der Waals surface area contributed by atoms with E-state index in [0.29, 0.717) is 19.3 Å². The fraction of sp³-hybridized carbons (Fsp3) is 0.821. The molecule has 206 valence electrons. The van der Waals surface area contributed by atoms with E-state index >= 15 is 0 Å². The number of aliphatic hydroxyl groups excluding tert-OH is 1. The number of hydrogen-bond donors (Lipinski definition) is 1. The maximum absolute atomic E-state index is 13.5. The Morgan fingerprint density at radius 2 is 1.69 bits per heavy atom. The normalized spacial score (nSPS) is 42.6. The van der Waals surface area contributed by atoms with Crippen molar-refractivity contribution >= 4 is 17.5 Å². The van der Waals surface area contributed by atoms with Gasteiger partial charge in [-0.3, -0.25) is 14.4 Å². The van der Waals surface area contributed by atoms with Crippen LogP contribution in [-0.4, -0.2) is 78.4 Å². The lowest BCUT2D eigenvalue weighted by molar-refractivity contribution is -0.278. The van der Waals surface area contributed by atoms with Crippen LogP contribution < -0.4 is 0 Å². The molecule has 8 heteroatoms. The Labute approximate surface area is 216 Å². The van der Waals surface area contributed by atoms with Crippen molar-refractivity contribution < 1.29 is 33.7 Å². The van der Waals surface area contributed by atoms with Crippen LogP contribution in [0.15, 0.2) is 12.2 Å². The molecule has 0 bridgehead atoms. The van der Waals surface area contributed by atoms with E-state index < -0.39 is 42.4 Å². The molecule has 0 unspecified atom stereocenters. The van der Waals surface area contributed by atoms with Gasteiger partial charge < -0.3 is 24.2 Å². The van der Waals surface area contributed by atoms with Gasteiger partial charge in [0.15, 0.2) is 17.9 Å². The fourth-order valence-corrected chi connectivity index (χ4v) is 5.38. The van der Waals surface area contributed by atoms with Crippen LogP contribution in [0.3, 0.4) is 0 Å². The van der Waals surface area contributed by atoms with Gasteiger partial charge in [-0.05, 0) is 59.2 Å². The summed E-state index contributed by atoms with van der Waals surface area (Å²) in [5.41, 5.74) is 0. The highest BCUT2D eigenvalue weighted by Gasteiger charge is 2.43. The minimum atomic E-state index is -0.962. The fourth-order valence-electron chi connectivity index (χ4n) is 5.38. The van der Waals surface area contributed by atoms with Gasteiger partial charge in [0.25, 0.3) is 0 Å². The number of nitrogens with zero attached hydrogens (tertiary/aromatic N) is 1. The van der Waals surface area contributed by atoms with Gasteiger partial charge in [0.1, 0.15) is 18.1 Å².